The van der Waals surface area contributed by atoms with E-state index in [1.54, 1.807) is 7.05 Å². The zero-order valence-corrected chi connectivity index (χ0v) is 20.0. The molecule has 2 saturated heterocycles. The molecule has 1 atom stereocenters. The number of para-hydroxylation sites is 1. The minimum absolute atomic E-state index is 0. The van der Waals surface area contributed by atoms with E-state index in [0.29, 0.717) is 32.8 Å². The maximum atomic E-state index is 12.5. The van der Waals surface area contributed by atoms with Gasteiger partial charge in [0.1, 0.15) is 18.5 Å². The Morgan fingerprint density at radius 3 is 2.45 bits per heavy atom. The van der Waals surface area contributed by atoms with Crippen molar-refractivity contribution in [3.63, 3.8) is 0 Å². The highest BCUT2D eigenvalue weighted by atomic mass is 127. The lowest BCUT2D eigenvalue weighted by atomic mass is 10.1. The lowest BCUT2D eigenvalue weighted by Gasteiger charge is -2.37. The molecule has 1 aromatic rings. The molecule has 0 saturated carbocycles. The highest BCUT2D eigenvalue weighted by molar-refractivity contribution is 14.0. The van der Waals surface area contributed by atoms with Gasteiger partial charge in [-0.2, -0.15) is 0 Å². The third kappa shape index (κ3) is 6.21. The van der Waals surface area contributed by atoms with E-state index in [9.17, 15) is 4.79 Å². The molecule has 7 nitrogen and oxygen atoms in total. The standard InChI is InChI=1S/C21H32N4O3.HI/c1-16-6-4-7-17(2)19(16)28-15-9-23-21(22-3)25-12-10-24(11-13-25)20(26)18-8-5-14-27-18;/h4,6-7,18H,5,8-15H2,1-3H3,(H,22,23);1H. The van der Waals surface area contributed by atoms with Gasteiger partial charge in [-0.25, -0.2) is 0 Å². The fourth-order valence-electron chi connectivity index (χ4n) is 3.79. The van der Waals surface area contributed by atoms with E-state index in [0.717, 1.165) is 48.8 Å². The van der Waals surface area contributed by atoms with E-state index in [4.69, 9.17) is 9.47 Å². The summed E-state index contributed by atoms with van der Waals surface area (Å²) < 4.78 is 11.5. The van der Waals surface area contributed by atoms with E-state index in [2.05, 4.69) is 41.2 Å². The Hall–Kier alpha value is -1.55. The molecule has 1 aromatic carbocycles. The lowest BCUT2D eigenvalue weighted by Crippen LogP contribution is -2.55. The second-order valence-electron chi connectivity index (χ2n) is 7.36. The van der Waals surface area contributed by atoms with Gasteiger partial charge in [-0.3, -0.25) is 9.79 Å². The third-order valence-electron chi connectivity index (χ3n) is 5.35. The van der Waals surface area contributed by atoms with Crippen LogP contribution in [0.5, 0.6) is 5.75 Å². The van der Waals surface area contributed by atoms with E-state index in [-0.39, 0.29) is 36.0 Å². The Morgan fingerprint density at radius 2 is 1.86 bits per heavy atom. The Kier molecular flexibility index (Phi) is 9.48. The number of aryl methyl sites for hydroxylation is 2. The monoisotopic (exact) mass is 516 g/mol. The maximum absolute atomic E-state index is 12.5. The van der Waals surface area contributed by atoms with Crippen LogP contribution in [-0.4, -0.2) is 80.8 Å². The summed E-state index contributed by atoms with van der Waals surface area (Å²) in [6.45, 7) is 9.04. The van der Waals surface area contributed by atoms with Crippen LogP contribution in [0.15, 0.2) is 23.2 Å². The number of ether oxygens (including phenoxy) is 2. The average Bonchev–Trinajstić information content (AvgIpc) is 3.24. The summed E-state index contributed by atoms with van der Waals surface area (Å²) >= 11 is 0. The quantitative estimate of drug-likeness (QED) is 0.282. The summed E-state index contributed by atoms with van der Waals surface area (Å²) in [5.74, 6) is 1.96. The second kappa shape index (κ2) is 11.6. The molecule has 2 aliphatic rings. The predicted molar refractivity (Wildman–Crippen MR) is 125 cm³/mol. The highest BCUT2D eigenvalue weighted by Gasteiger charge is 2.30. The van der Waals surface area contributed by atoms with Gasteiger partial charge >= 0.3 is 0 Å². The largest absolute Gasteiger partial charge is 0.491 e. The van der Waals surface area contributed by atoms with Gasteiger partial charge in [0, 0.05) is 39.8 Å². The van der Waals surface area contributed by atoms with Crippen molar-refractivity contribution in [1.29, 1.82) is 0 Å². The molecule has 8 heteroatoms. The number of piperazine rings is 1. The zero-order chi connectivity index (χ0) is 19.9. The average molecular weight is 516 g/mol. The Labute approximate surface area is 190 Å². The van der Waals surface area contributed by atoms with Crippen LogP contribution in [-0.2, 0) is 9.53 Å². The van der Waals surface area contributed by atoms with Crippen molar-refractivity contribution in [1.82, 2.24) is 15.1 Å². The van der Waals surface area contributed by atoms with Gasteiger partial charge < -0.3 is 24.6 Å². The van der Waals surface area contributed by atoms with Crippen molar-refractivity contribution in [3.8, 4) is 5.75 Å². The number of rotatable bonds is 5. The van der Waals surface area contributed by atoms with Crippen molar-refractivity contribution < 1.29 is 14.3 Å². The molecule has 0 bridgehead atoms. The van der Waals surface area contributed by atoms with Gasteiger partial charge in [-0.1, -0.05) is 18.2 Å². The first-order valence-electron chi connectivity index (χ1n) is 10.1. The van der Waals surface area contributed by atoms with Gasteiger partial charge in [-0.05, 0) is 37.8 Å². The van der Waals surface area contributed by atoms with Crippen molar-refractivity contribution in [2.75, 3.05) is 53.0 Å². The van der Waals surface area contributed by atoms with Gasteiger partial charge in [0.2, 0.25) is 0 Å². The number of halogens is 1. The van der Waals surface area contributed by atoms with Crippen molar-refractivity contribution >= 4 is 35.8 Å². The molecule has 3 rings (SSSR count). The SMILES string of the molecule is CN=C(NCCOc1c(C)cccc1C)N1CCN(C(=O)C2CCCO2)CC1.I. The van der Waals surface area contributed by atoms with E-state index < -0.39 is 0 Å². The van der Waals surface area contributed by atoms with Crippen LogP contribution < -0.4 is 10.1 Å². The number of nitrogens with one attached hydrogen (secondary N) is 1. The fraction of sp³-hybridized carbons (Fsp3) is 0.619. The van der Waals surface area contributed by atoms with Gasteiger partial charge in [-0.15, -0.1) is 24.0 Å². The molecule has 29 heavy (non-hydrogen) atoms. The molecule has 1 unspecified atom stereocenters. The first-order valence-corrected chi connectivity index (χ1v) is 10.1. The molecular weight excluding hydrogens is 483 g/mol. The van der Waals surface area contributed by atoms with Crippen molar-refractivity contribution in [2.24, 2.45) is 4.99 Å². The Balaban J connectivity index is 0.00000300. The highest BCUT2D eigenvalue weighted by Crippen LogP contribution is 2.22. The molecule has 0 radical (unpaired) electrons. The zero-order valence-electron chi connectivity index (χ0n) is 17.6. The Morgan fingerprint density at radius 1 is 1.21 bits per heavy atom. The van der Waals surface area contributed by atoms with Crippen LogP contribution in [0.1, 0.15) is 24.0 Å². The topological polar surface area (TPSA) is 66.4 Å². The van der Waals surface area contributed by atoms with Gasteiger partial charge in [0.15, 0.2) is 5.96 Å². The van der Waals surface area contributed by atoms with Crippen molar-refractivity contribution in [3.05, 3.63) is 29.3 Å². The van der Waals surface area contributed by atoms with Crippen LogP contribution >= 0.6 is 24.0 Å². The number of carbonyl (C=O) groups excluding carboxylic acids is 1. The summed E-state index contributed by atoms with van der Waals surface area (Å²) in [4.78, 5) is 21.0. The minimum atomic E-state index is -0.231. The number of hydrogen-bond donors (Lipinski definition) is 1. The molecule has 0 spiro atoms. The molecule has 2 heterocycles. The summed E-state index contributed by atoms with van der Waals surface area (Å²) in [6, 6.07) is 6.17. The molecule has 2 fully saturated rings. The normalized spacial score (nSPS) is 19.7. The number of guanidine groups is 1. The number of amides is 1. The van der Waals surface area contributed by atoms with E-state index >= 15 is 0 Å². The van der Waals surface area contributed by atoms with Crippen LogP contribution in [0.25, 0.3) is 0 Å². The first kappa shape index (κ1) is 23.7. The molecule has 0 aliphatic carbocycles. The Bertz CT molecular complexity index is 679. The smallest absolute Gasteiger partial charge is 0.251 e. The van der Waals surface area contributed by atoms with E-state index in [1.807, 2.05) is 11.0 Å². The summed E-state index contributed by atoms with van der Waals surface area (Å²) in [5.41, 5.74) is 2.30. The fourth-order valence-corrected chi connectivity index (χ4v) is 3.79. The summed E-state index contributed by atoms with van der Waals surface area (Å²) in [7, 11) is 1.79. The second-order valence-corrected chi connectivity index (χ2v) is 7.36. The van der Waals surface area contributed by atoms with E-state index in [1.165, 1.54) is 0 Å². The van der Waals surface area contributed by atoms with Crippen LogP contribution in [0.2, 0.25) is 0 Å². The molecule has 2 aliphatic heterocycles. The number of aliphatic imine (C=N–C) groups is 1. The van der Waals surface area contributed by atoms with Crippen LogP contribution in [0, 0.1) is 13.8 Å². The van der Waals surface area contributed by atoms with Crippen LogP contribution in [0.3, 0.4) is 0 Å². The van der Waals surface area contributed by atoms with Gasteiger partial charge in [0.25, 0.3) is 5.91 Å². The first-order chi connectivity index (χ1) is 13.6. The predicted octanol–water partition coefficient (Wildman–Crippen LogP) is 2.20. The van der Waals surface area contributed by atoms with Gasteiger partial charge in [0.05, 0.1) is 6.54 Å². The summed E-state index contributed by atoms with van der Waals surface area (Å²) in [6.07, 6.45) is 1.60. The minimum Gasteiger partial charge on any atom is -0.491 e. The number of benzene rings is 1. The lowest BCUT2D eigenvalue weighted by molar-refractivity contribution is -0.142. The molecular formula is C21H33IN4O3. The van der Waals surface area contributed by atoms with Crippen LogP contribution in [0.4, 0.5) is 0 Å². The summed E-state index contributed by atoms with van der Waals surface area (Å²) in [5, 5.41) is 3.37. The molecule has 0 aromatic heterocycles. The molecule has 1 N–H and O–H groups in total. The molecule has 1 amide bonds. The molecule has 162 valence electrons. The van der Waals surface area contributed by atoms with Crippen molar-refractivity contribution in [2.45, 2.75) is 32.8 Å². The number of carbonyl (C=O) groups is 1. The number of nitrogens with zero attached hydrogens (tertiary/aromatic N) is 3. The number of hydrogen-bond acceptors (Lipinski definition) is 4. The maximum Gasteiger partial charge on any atom is 0.251 e. The third-order valence-corrected chi connectivity index (χ3v) is 5.35.